The molecular formula is C12H10BrClN2O. The van der Waals surface area contributed by atoms with Crippen molar-refractivity contribution in [2.75, 3.05) is 5.32 Å². The molecule has 88 valence electrons. The molecule has 1 aromatic heterocycles. The molecule has 0 aliphatic heterocycles. The number of aromatic amines is 1. The molecule has 0 unspecified atom stereocenters. The second-order valence-corrected chi connectivity index (χ2v) is 4.99. The number of hydrogen-bond donors (Lipinski definition) is 2. The number of nitrogens with one attached hydrogen (secondary N) is 2. The molecule has 2 rings (SSSR count). The third-order valence-corrected chi connectivity index (χ3v) is 3.05. The van der Waals surface area contributed by atoms with Gasteiger partial charge in [0.25, 0.3) is 5.91 Å². The van der Waals surface area contributed by atoms with E-state index in [1.165, 1.54) is 0 Å². The Bertz CT molecular complexity index is 565. The molecule has 0 bridgehead atoms. The van der Waals surface area contributed by atoms with Gasteiger partial charge in [-0.2, -0.15) is 0 Å². The van der Waals surface area contributed by atoms with Crippen LogP contribution in [0.4, 0.5) is 5.69 Å². The Labute approximate surface area is 112 Å². The number of aryl methyl sites for hydroxylation is 1. The van der Waals surface area contributed by atoms with E-state index in [2.05, 4.69) is 26.2 Å². The lowest BCUT2D eigenvalue weighted by Gasteiger charge is -2.06. The highest BCUT2D eigenvalue weighted by Gasteiger charge is 2.10. The van der Waals surface area contributed by atoms with Gasteiger partial charge < -0.3 is 10.3 Å². The molecule has 0 saturated heterocycles. The first-order valence-electron chi connectivity index (χ1n) is 4.97. The third-order valence-electron chi connectivity index (χ3n) is 2.26. The van der Waals surface area contributed by atoms with Crippen molar-refractivity contribution in [3.8, 4) is 0 Å². The topological polar surface area (TPSA) is 44.9 Å². The molecule has 5 heteroatoms. The van der Waals surface area contributed by atoms with Crippen LogP contribution in [0.1, 0.15) is 16.1 Å². The van der Waals surface area contributed by atoms with Crippen LogP contribution in [0.5, 0.6) is 0 Å². The van der Waals surface area contributed by atoms with Crippen molar-refractivity contribution < 1.29 is 4.79 Å². The second kappa shape index (κ2) is 4.94. The Kier molecular flexibility index (Phi) is 3.54. The van der Waals surface area contributed by atoms with Crippen molar-refractivity contribution >= 4 is 39.1 Å². The van der Waals surface area contributed by atoms with E-state index >= 15 is 0 Å². The average molecular weight is 314 g/mol. The number of benzene rings is 1. The Balaban J connectivity index is 2.21. The van der Waals surface area contributed by atoms with E-state index in [0.717, 1.165) is 10.0 Å². The summed E-state index contributed by atoms with van der Waals surface area (Å²) in [4.78, 5) is 14.7. The summed E-state index contributed by atoms with van der Waals surface area (Å²) in [6, 6.07) is 7.19. The van der Waals surface area contributed by atoms with Gasteiger partial charge in [0.15, 0.2) is 0 Å². The molecule has 0 aliphatic rings. The first-order chi connectivity index (χ1) is 8.06. The van der Waals surface area contributed by atoms with Crippen LogP contribution in [0, 0.1) is 6.92 Å². The molecule has 0 fully saturated rings. The molecule has 0 radical (unpaired) electrons. The molecule has 1 amide bonds. The van der Waals surface area contributed by atoms with Gasteiger partial charge in [0.2, 0.25) is 0 Å². The lowest BCUT2D eigenvalue weighted by atomic mass is 10.2. The lowest BCUT2D eigenvalue weighted by Crippen LogP contribution is -2.12. The largest absolute Gasteiger partial charge is 0.356 e. The fourth-order valence-corrected chi connectivity index (χ4v) is 1.93. The van der Waals surface area contributed by atoms with Crippen LogP contribution >= 0.6 is 27.5 Å². The minimum atomic E-state index is -0.219. The number of aromatic nitrogens is 1. The Morgan fingerprint density at radius 2 is 2.18 bits per heavy atom. The predicted molar refractivity (Wildman–Crippen MR) is 72.6 cm³/mol. The van der Waals surface area contributed by atoms with Crippen molar-refractivity contribution in [2.24, 2.45) is 0 Å². The maximum Gasteiger partial charge on any atom is 0.272 e. The van der Waals surface area contributed by atoms with Crippen molar-refractivity contribution in [2.45, 2.75) is 6.92 Å². The summed E-state index contributed by atoms with van der Waals surface area (Å²) in [7, 11) is 0. The molecule has 0 atom stereocenters. The van der Waals surface area contributed by atoms with Crippen LogP contribution in [0.2, 0.25) is 5.02 Å². The maximum atomic E-state index is 11.9. The zero-order valence-electron chi connectivity index (χ0n) is 9.05. The van der Waals surface area contributed by atoms with Gasteiger partial charge >= 0.3 is 0 Å². The van der Waals surface area contributed by atoms with Gasteiger partial charge in [-0.05, 0) is 46.6 Å². The van der Waals surface area contributed by atoms with Gasteiger partial charge in [-0.1, -0.05) is 17.7 Å². The normalized spacial score (nSPS) is 10.3. The van der Waals surface area contributed by atoms with Crippen LogP contribution in [0.25, 0.3) is 0 Å². The molecule has 2 N–H and O–H groups in total. The molecule has 0 saturated carbocycles. The van der Waals surface area contributed by atoms with Gasteiger partial charge in [-0.15, -0.1) is 0 Å². The van der Waals surface area contributed by atoms with E-state index < -0.39 is 0 Å². The molecule has 0 spiro atoms. The fourth-order valence-electron chi connectivity index (χ4n) is 1.42. The van der Waals surface area contributed by atoms with Crippen molar-refractivity contribution in [1.29, 1.82) is 0 Å². The van der Waals surface area contributed by atoms with Crippen LogP contribution in [-0.4, -0.2) is 10.9 Å². The van der Waals surface area contributed by atoms with Gasteiger partial charge in [0.05, 0.1) is 10.7 Å². The van der Waals surface area contributed by atoms with E-state index in [1.54, 1.807) is 18.3 Å². The molecule has 2 aromatic rings. The molecule has 0 aliphatic carbocycles. The SMILES string of the molecule is Cc1ccc(Cl)c(NC(=O)c2cc(Br)c[nH]2)c1. The number of anilines is 1. The molecule has 3 nitrogen and oxygen atoms in total. The number of amides is 1. The van der Waals surface area contributed by atoms with Crippen molar-refractivity contribution in [3.05, 3.63) is 51.2 Å². The summed E-state index contributed by atoms with van der Waals surface area (Å²) in [6.07, 6.45) is 1.70. The molecular weight excluding hydrogens is 304 g/mol. The van der Waals surface area contributed by atoms with Gasteiger partial charge in [0.1, 0.15) is 5.69 Å². The first kappa shape index (κ1) is 12.2. The fraction of sp³-hybridized carbons (Fsp3) is 0.0833. The summed E-state index contributed by atoms with van der Waals surface area (Å²) in [6.45, 7) is 1.94. The lowest BCUT2D eigenvalue weighted by molar-refractivity contribution is 0.102. The smallest absolute Gasteiger partial charge is 0.272 e. The first-order valence-corrected chi connectivity index (χ1v) is 6.15. The van der Waals surface area contributed by atoms with Crippen molar-refractivity contribution in [1.82, 2.24) is 4.98 Å². The summed E-state index contributed by atoms with van der Waals surface area (Å²) < 4.78 is 0.831. The van der Waals surface area contributed by atoms with Crippen LogP contribution in [0.3, 0.4) is 0 Å². The monoisotopic (exact) mass is 312 g/mol. The Morgan fingerprint density at radius 1 is 1.41 bits per heavy atom. The van der Waals surface area contributed by atoms with E-state index in [1.807, 2.05) is 19.1 Å². The van der Waals surface area contributed by atoms with Gasteiger partial charge in [0, 0.05) is 10.7 Å². The number of carbonyl (C=O) groups is 1. The van der Waals surface area contributed by atoms with E-state index in [9.17, 15) is 4.79 Å². The Hall–Kier alpha value is -1.26. The molecule has 17 heavy (non-hydrogen) atoms. The van der Waals surface area contributed by atoms with Gasteiger partial charge in [-0.25, -0.2) is 0 Å². The Morgan fingerprint density at radius 3 is 2.82 bits per heavy atom. The second-order valence-electron chi connectivity index (χ2n) is 3.67. The number of hydrogen-bond acceptors (Lipinski definition) is 1. The highest BCUT2D eigenvalue weighted by molar-refractivity contribution is 9.10. The van der Waals surface area contributed by atoms with E-state index in [4.69, 9.17) is 11.6 Å². The zero-order chi connectivity index (χ0) is 12.4. The minimum absolute atomic E-state index is 0.219. The molecule has 1 aromatic carbocycles. The zero-order valence-corrected chi connectivity index (χ0v) is 11.4. The van der Waals surface area contributed by atoms with Gasteiger partial charge in [-0.3, -0.25) is 4.79 Å². The minimum Gasteiger partial charge on any atom is -0.356 e. The summed E-state index contributed by atoms with van der Waals surface area (Å²) >= 11 is 9.27. The van der Waals surface area contributed by atoms with E-state index in [0.29, 0.717) is 16.4 Å². The van der Waals surface area contributed by atoms with Crippen LogP contribution in [0.15, 0.2) is 34.9 Å². The standard InChI is InChI=1S/C12H10BrClN2O/c1-7-2-3-9(14)10(4-7)16-12(17)11-5-8(13)6-15-11/h2-6,15H,1H3,(H,16,17). The van der Waals surface area contributed by atoms with Crippen molar-refractivity contribution in [3.63, 3.8) is 0 Å². The number of carbonyl (C=O) groups excluding carboxylic acids is 1. The van der Waals surface area contributed by atoms with Crippen LogP contribution in [-0.2, 0) is 0 Å². The number of halogens is 2. The summed E-state index contributed by atoms with van der Waals surface area (Å²) in [5.41, 5.74) is 2.13. The average Bonchev–Trinajstić information content (AvgIpc) is 2.70. The third kappa shape index (κ3) is 2.90. The quantitative estimate of drug-likeness (QED) is 0.865. The summed E-state index contributed by atoms with van der Waals surface area (Å²) in [5.74, 6) is -0.219. The van der Waals surface area contributed by atoms with E-state index in [-0.39, 0.29) is 5.91 Å². The highest BCUT2D eigenvalue weighted by atomic mass is 79.9. The maximum absolute atomic E-state index is 11.9. The van der Waals surface area contributed by atoms with Crippen LogP contribution < -0.4 is 5.32 Å². The summed E-state index contributed by atoms with van der Waals surface area (Å²) in [5, 5.41) is 3.28. The number of rotatable bonds is 2. The highest BCUT2D eigenvalue weighted by Crippen LogP contribution is 2.23. The molecule has 1 heterocycles. The number of H-pyrrole nitrogens is 1. The predicted octanol–water partition coefficient (Wildman–Crippen LogP) is 3.99.